The molecule has 0 N–H and O–H groups in total. The largest absolute Gasteiger partial charge is 0.294 e. The second-order valence-electron chi connectivity index (χ2n) is 1.97. The lowest BCUT2D eigenvalue weighted by atomic mass is 10.3. The van der Waals surface area contributed by atoms with Crippen LogP contribution in [0.25, 0.3) is 0 Å². The summed E-state index contributed by atoms with van der Waals surface area (Å²) in [6, 6.07) is 3.41. The van der Waals surface area contributed by atoms with Crippen molar-refractivity contribution >= 4 is 28.7 Å². The second kappa shape index (κ2) is 3.04. The van der Waals surface area contributed by atoms with Crippen molar-refractivity contribution in [3.05, 3.63) is 20.8 Å². The van der Waals surface area contributed by atoms with Crippen LogP contribution in [0.3, 0.4) is 0 Å². The fourth-order valence-electron chi connectivity index (χ4n) is 0.619. The van der Waals surface area contributed by atoms with Crippen LogP contribution in [0.1, 0.15) is 22.2 Å². The molecule has 0 saturated heterocycles. The molecule has 0 fully saturated rings. The number of nitriles is 1. The van der Waals surface area contributed by atoms with Gasteiger partial charge >= 0.3 is 0 Å². The zero-order valence-electron chi connectivity index (χ0n) is 5.72. The van der Waals surface area contributed by atoms with E-state index in [9.17, 15) is 4.79 Å². The third kappa shape index (κ3) is 1.59. The number of halogens is 1. The van der Waals surface area contributed by atoms with Crippen molar-refractivity contribution in [2.45, 2.75) is 6.92 Å². The topological polar surface area (TPSA) is 40.9 Å². The molecule has 0 aromatic carbocycles. The summed E-state index contributed by atoms with van der Waals surface area (Å²) in [6.45, 7) is 1.45. The Morgan fingerprint density at radius 2 is 2.45 bits per heavy atom. The molecule has 2 nitrogen and oxygen atoms in total. The lowest BCUT2D eigenvalue weighted by Crippen LogP contribution is -1.83. The van der Waals surface area contributed by atoms with Crippen molar-refractivity contribution in [3.63, 3.8) is 0 Å². The second-order valence-corrected chi connectivity index (χ2v) is 3.62. The van der Waals surface area contributed by atoms with Gasteiger partial charge in [-0.15, -0.1) is 11.3 Å². The van der Waals surface area contributed by atoms with Gasteiger partial charge in [-0.05, 0) is 13.0 Å². The molecule has 1 heterocycles. The van der Waals surface area contributed by atoms with Crippen LogP contribution in [0.15, 0.2) is 6.07 Å². The van der Waals surface area contributed by atoms with Gasteiger partial charge in [-0.25, -0.2) is 0 Å². The van der Waals surface area contributed by atoms with E-state index in [0.29, 0.717) is 14.8 Å². The molecule has 0 amide bonds. The van der Waals surface area contributed by atoms with E-state index in [1.165, 1.54) is 13.0 Å². The first-order valence-corrected chi connectivity index (χ1v) is 4.05. The van der Waals surface area contributed by atoms with Gasteiger partial charge in [0.05, 0.1) is 10.4 Å². The molecule has 0 aliphatic heterocycles. The minimum absolute atomic E-state index is 0.0570. The van der Waals surface area contributed by atoms with Crippen molar-refractivity contribution in [2.24, 2.45) is 0 Å². The Morgan fingerprint density at radius 3 is 2.73 bits per heavy atom. The molecule has 0 bridgehead atoms. The summed E-state index contributed by atoms with van der Waals surface area (Å²) in [5, 5.41) is 8.47. The van der Waals surface area contributed by atoms with Crippen LogP contribution < -0.4 is 0 Å². The van der Waals surface area contributed by atoms with E-state index in [1.54, 1.807) is 0 Å². The van der Waals surface area contributed by atoms with Gasteiger partial charge < -0.3 is 0 Å². The van der Waals surface area contributed by atoms with E-state index in [0.717, 1.165) is 11.3 Å². The standard InChI is InChI=1S/C7H4ClNOS/c1-4(10)6-2-5(3-9)7(8)11-6/h2H,1H3. The molecule has 1 aromatic heterocycles. The predicted molar refractivity (Wildman–Crippen MR) is 44.0 cm³/mol. The summed E-state index contributed by atoms with van der Waals surface area (Å²) in [7, 11) is 0. The number of nitrogens with zero attached hydrogens (tertiary/aromatic N) is 1. The molecule has 0 spiro atoms. The highest BCUT2D eigenvalue weighted by Crippen LogP contribution is 2.26. The van der Waals surface area contributed by atoms with Crippen LogP contribution in [0.4, 0.5) is 0 Å². The Morgan fingerprint density at radius 1 is 1.82 bits per heavy atom. The van der Waals surface area contributed by atoms with Crippen molar-refractivity contribution in [1.82, 2.24) is 0 Å². The van der Waals surface area contributed by atoms with Gasteiger partial charge in [0.1, 0.15) is 10.4 Å². The zero-order valence-corrected chi connectivity index (χ0v) is 7.29. The number of hydrogen-bond donors (Lipinski definition) is 0. The fraction of sp³-hybridized carbons (Fsp3) is 0.143. The molecule has 1 rings (SSSR count). The number of carbonyl (C=O) groups is 1. The number of hydrogen-bond acceptors (Lipinski definition) is 3. The van der Waals surface area contributed by atoms with Gasteiger partial charge in [0, 0.05) is 0 Å². The van der Waals surface area contributed by atoms with Crippen LogP contribution in [0.2, 0.25) is 4.34 Å². The molecule has 0 saturated carbocycles. The summed E-state index contributed by atoms with van der Waals surface area (Å²) < 4.78 is 0.387. The first-order chi connectivity index (χ1) is 5.15. The Kier molecular flexibility index (Phi) is 2.28. The Hall–Kier alpha value is -0.850. The van der Waals surface area contributed by atoms with Gasteiger partial charge in [-0.3, -0.25) is 4.79 Å². The van der Waals surface area contributed by atoms with Crippen molar-refractivity contribution in [3.8, 4) is 6.07 Å². The summed E-state index contributed by atoms with van der Waals surface area (Å²) >= 11 is 6.77. The van der Waals surface area contributed by atoms with E-state index >= 15 is 0 Å². The van der Waals surface area contributed by atoms with Crippen LogP contribution in [0, 0.1) is 11.3 Å². The first kappa shape index (κ1) is 8.25. The molecule has 4 heteroatoms. The van der Waals surface area contributed by atoms with Crippen molar-refractivity contribution < 1.29 is 4.79 Å². The lowest BCUT2D eigenvalue weighted by Gasteiger charge is -1.80. The van der Waals surface area contributed by atoms with Gasteiger partial charge in [-0.1, -0.05) is 11.6 Å². The maximum absolute atomic E-state index is 10.8. The molecule has 1 aromatic rings. The van der Waals surface area contributed by atoms with E-state index in [-0.39, 0.29) is 5.78 Å². The molecular formula is C7H4ClNOS. The maximum Gasteiger partial charge on any atom is 0.169 e. The molecule has 11 heavy (non-hydrogen) atoms. The highest BCUT2D eigenvalue weighted by atomic mass is 35.5. The molecule has 56 valence electrons. The number of ketones is 1. The fourth-order valence-corrected chi connectivity index (χ4v) is 1.69. The highest BCUT2D eigenvalue weighted by Gasteiger charge is 2.08. The van der Waals surface area contributed by atoms with Crippen LogP contribution >= 0.6 is 22.9 Å². The van der Waals surface area contributed by atoms with E-state index in [2.05, 4.69) is 0 Å². The van der Waals surface area contributed by atoms with Crippen LogP contribution in [-0.2, 0) is 0 Å². The highest BCUT2D eigenvalue weighted by molar-refractivity contribution is 7.18. The Labute approximate surface area is 73.0 Å². The monoisotopic (exact) mass is 185 g/mol. The summed E-state index contributed by atoms with van der Waals surface area (Å²) in [6.07, 6.45) is 0. The SMILES string of the molecule is CC(=O)c1cc(C#N)c(Cl)s1. The lowest BCUT2D eigenvalue weighted by molar-refractivity contribution is 0.102. The number of carbonyl (C=O) groups excluding carboxylic acids is 1. The summed E-state index contributed by atoms with van der Waals surface area (Å²) in [5.74, 6) is -0.0570. The number of rotatable bonds is 1. The third-order valence-corrected chi connectivity index (χ3v) is 2.61. The summed E-state index contributed by atoms with van der Waals surface area (Å²) in [5.41, 5.74) is 0.377. The van der Waals surface area contributed by atoms with Crippen LogP contribution in [-0.4, -0.2) is 5.78 Å². The zero-order chi connectivity index (χ0) is 8.43. The molecule has 0 aliphatic carbocycles. The molecule has 0 atom stereocenters. The van der Waals surface area contributed by atoms with Crippen molar-refractivity contribution in [1.29, 1.82) is 5.26 Å². The predicted octanol–water partition coefficient (Wildman–Crippen LogP) is 2.48. The summed E-state index contributed by atoms with van der Waals surface area (Å²) in [4.78, 5) is 11.3. The van der Waals surface area contributed by atoms with E-state index < -0.39 is 0 Å². The third-order valence-electron chi connectivity index (χ3n) is 1.15. The molecule has 0 aliphatic rings. The maximum atomic E-state index is 10.8. The number of thiophene rings is 1. The smallest absolute Gasteiger partial charge is 0.169 e. The number of Topliss-reactive ketones (excluding diaryl/α,β-unsaturated/α-hetero) is 1. The quantitative estimate of drug-likeness (QED) is 0.631. The van der Waals surface area contributed by atoms with Gasteiger partial charge in [0.2, 0.25) is 0 Å². The Balaban J connectivity index is 3.18. The Bertz CT molecular complexity index is 337. The first-order valence-electron chi connectivity index (χ1n) is 2.85. The molecule has 0 unspecified atom stereocenters. The molecule has 0 radical (unpaired) electrons. The minimum Gasteiger partial charge on any atom is -0.294 e. The van der Waals surface area contributed by atoms with Gasteiger partial charge in [0.25, 0.3) is 0 Å². The van der Waals surface area contributed by atoms with Crippen molar-refractivity contribution in [2.75, 3.05) is 0 Å². The van der Waals surface area contributed by atoms with E-state index in [1.807, 2.05) is 6.07 Å². The average Bonchev–Trinajstić information content (AvgIpc) is 2.31. The van der Waals surface area contributed by atoms with Crippen LogP contribution in [0.5, 0.6) is 0 Å². The average molecular weight is 186 g/mol. The molecular weight excluding hydrogens is 182 g/mol. The van der Waals surface area contributed by atoms with Gasteiger partial charge in [-0.2, -0.15) is 5.26 Å². The minimum atomic E-state index is -0.0570. The van der Waals surface area contributed by atoms with Gasteiger partial charge in [0.15, 0.2) is 5.78 Å². The van der Waals surface area contributed by atoms with E-state index in [4.69, 9.17) is 16.9 Å². The normalized spacial score (nSPS) is 9.18.